The van der Waals surface area contributed by atoms with Crippen LogP contribution in [0.2, 0.25) is 0 Å². The summed E-state index contributed by atoms with van der Waals surface area (Å²) in [5.74, 6) is 0.207. The molecule has 3 heteroatoms. The van der Waals surface area contributed by atoms with Gasteiger partial charge in [0, 0.05) is 0 Å². The summed E-state index contributed by atoms with van der Waals surface area (Å²) in [4.78, 5) is 11.8. The average molecular weight is 296 g/mol. The second kappa shape index (κ2) is 8.03. The van der Waals surface area contributed by atoms with Gasteiger partial charge in [0.15, 0.2) is 0 Å². The van der Waals surface area contributed by atoms with E-state index in [9.17, 15) is 4.79 Å². The molecule has 114 valence electrons. The van der Waals surface area contributed by atoms with E-state index in [0.29, 0.717) is 13.0 Å². The molecule has 0 fully saturated rings. The Kier molecular flexibility index (Phi) is 5.78. The molecule has 3 nitrogen and oxygen atoms in total. The molecule has 0 unspecified atom stereocenters. The molecule has 0 aliphatic rings. The third-order valence-electron chi connectivity index (χ3n) is 3.42. The van der Waals surface area contributed by atoms with E-state index in [2.05, 4.69) is 6.58 Å². The van der Waals surface area contributed by atoms with E-state index in [1.54, 1.807) is 6.08 Å². The molecule has 2 aromatic carbocycles. The Balaban J connectivity index is 2.02. The minimum atomic E-state index is -0.314. The van der Waals surface area contributed by atoms with Crippen molar-refractivity contribution in [1.82, 2.24) is 0 Å². The molecule has 0 spiro atoms. The van der Waals surface area contributed by atoms with Crippen molar-refractivity contribution in [3.05, 3.63) is 78.4 Å². The fraction of sp³-hybridized carbons (Fsp3) is 0.211. The van der Waals surface area contributed by atoms with Gasteiger partial charge in [-0.3, -0.25) is 4.79 Å². The van der Waals surface area contributed by atoms with Gasteiger partial charge in [-0.05, 0) is 29.7 Å². The van der Waals surface area contributed by atoms with E-state index < -0.39 is 0 Å². The Bertz CT molecular complexity index is 602. The van der Waals surface area contributed by atoms with Gasteiger partial charge in [0.1, 0.15) is 12.4 Å². The lowest BCUT2D eigenvalue weighted by Crippen LogP contribution is -2.13. The van der Waals surface area contributed by atoms with Gasteiger partial charge in [0.05, 0.1) is 13.0 Å². The zero-order valence-electron chi connectivity index (χ0n) is 12.7. The number of rotatable bonds is 7. The third-order valence-corrected chi connectivity index (χ3v) is 3.42. The second-order valence-electron chi connectivity index (χ2n) is 4.94. The number of carbonyl (C=O) groups is 1. The molecule has 22 heavy (non-hydrogen) atoms. The summed E-state index contributed by atoms with van der Waals surface area (Å²) < 4.78 is 10.6. The first kappa shape index (κ1) is 15.8. The van der Waals surface area contributed by atoms with Crippen LogP contribution in [0.4, 0.5) is 0 Å². The van der Waals surface area contributed by atoms with Gasteiger partial charge in [0.25, 0.3) is 0 Å². The fourth-order valence-corrected chi connectivity index (χ4v) is 2.21. The predicted molar refractivity (Wildman–Crippen MR) is 86.8 cm³/mol. The van der Waals surface area contributed by atoms with Gasteiger partial charge in [-0.2, -0.15) is 0 Å². The number of hydrogen-bond donors (Lipinski definition) is 0. The number of benzene rings is 2. The van der Waals surface area contributed by atoms with E-state index in [1.165, 1.54) is 7.11 Å². The largest absolute Gasteiger partial charge is 0.489 e. The summed E-state index contributed by atoms with van der Waals surface area (Å²) >= 11 is 0. The minimum Gasteiger partial charge on any atom is -0.489 e. The normalized spacial score (nSPS) is 11.5. The van der Waals surface area contributed by atoms with Gasteiger partial charge >= 0.3 is 5.97 Å². The lowest BCUT2D eigenvalue weighted by atomic mass is 9.96. The molecule has 0 aliphatic heterocycles. The van der Waals surface area contributed by atoms with Crippen LogP contribution >= 0.6 is 0 Å². The van der Waals surface area contributed by atoms with Crippen LogP contribution in [-0.4, -0.2) is 13.1 Å². The molecule has 0 bridgehead atoms. The highest BCUT2D eigenvalue weighted by atomic mass is 16.5. The number of methoxy groups -OCH3 is 1. The molecule has 0 N–H and O–H groups in total. The Morgan fingerprint density at radius 1 is 1.14 bits per heavy atom. The number of allylic oxidation sites excluding steroid dienone is 1. The second-order valence-corrected chi connectivity index (χ2v) is 4.94. The molecular formula is C19H20O3. The highest BCUT2D eigenvalue weighted by molar-refractivity contribution is 5.78. The van der Waals surface area contributed by atoms with Crippen LogP contribution < -0.4 is 4.74 Å². The minimum absolute atomic E-state index is 0.252. The van der Waals surface area contributed by atoms with Crippen LogP contribution in [0.1, 0.15) is 23.5 Å². The molecule has 2 aromatic rings. The number of esters is 1. The zero-order chi connectivity index (χ0) is 15.8. The fourth-order valence-electron chi connectivity index (χ4n) is 2.21. The van der Waals surface area contributed by atoms with Crippen LogP contribution in [0.5, 0.6) is 5.75 Å². The molecule has 0 saturated heterocycles. The van der Waals surface area contributed by atoms with Crippen molar-refractivity contribution in [3.8, 4) is 5.75 Å². The number of carbonyl (C=O) groups excluding carboxylic acids is 1. The Hall–Kier alpha value is -2.55. The summed E-state index contributed by atoms with van der Waals surface area (Å²) in [7, 11) is 1.40. The molecule has 0 radical (unpaired) electrons. The zero-order valence-corrected chi connectivity index (χ0v) is 12.7. The van der Waals surface area contributed by atoms with Gasteiger partial charge in [-0.1, -0.05) is 48.5 Å². The highest BCUT2D eigenvalue weighted by Crippen LogP contribution is 2.24. The van der Waals surface area contributed by atoms with E-state index in [4.69, 9.17) is 9.47 Å². The summed E-state index contributed by atoms with van der Waals surface area (Å²) in [6, 6.07) is 17.5. The third kappa shape index (κ3) is 4.22. The van der Waals surface area contributed by atoms with Gasteiger partial charge in [0.2, 0.25) is 0 Å². The van der Waals surface area contributed by atoms with Crippen molar-refractivity contribution in [2.45, 2.75) is 18.9 Å². The van der Waals surface area contributed by atoms with Gasteiger partial charge in [-0.25, -0.2) is 0 Å². The summed E-state index contributed by atoms with van der Waals surface area (Å²) in [6.07, 6.45) is 2.28. The van der Waals surface area contributed by atoms with Crippen molar-refractivity contribution in [3.63, 3.8) is 0 Å². The van der Waals surface area contributed by atoms with E-state index >= 15 is 0 Å². The molecule has 0 aromatic heterocycles. The van der Waals surface area contributed by atoms with E-state index in [0.717, 1.165) is 16.9 Å². The first-order valence-corrected chi connectivity index (χ1v) is 7.20. The van der Waals surface area contributed by atoms with Crippen molar-refractivity contribution in [2.75, 3.05) is 7.11 Å². The topological polar surface area (TPSA) is 35.5 Å². The Morgan fingerprint density at radius 3 is 2.41 bits per heavy atom. The maximum absolute atomic E-state index is 11.8. The lowest BCUT2D eigenvalue weighted by molar-refractivity contribution is -0.142. The summed E-state index contributed by atoms with van der Waals surface area (Å²) in [6.45, 7) is 4.21. The first-order chi connectivity index (χ1) is 10.7. The maximum atomic E-state index is 11.8. The van der Waals surface area contributed by atoms with Crippen LogP contribution in [0, 0.1) is 0 Å². The molecule has 0 saturated carbocycles. The Morgan fingerprint density at radius 2 is 1.82 bits per heavy atom. The monoisotopic (exact) mass is 296 g/mol. The molecule has 0 heterocycles. The van der Waals surface area contributed by atoms with Crippen LogP contribution in [0.25, 0.3) is 0 Å². The van der Waals surface area contributed by atoms with Crippen LogP contribution in [0.3, 0.4) is 0 Å². The highest BCUT2D eigenvalue weighted by Gasteiger charge is 2.19. The van der Waals surface area contributed by atoms with E-state index in [1.807, 2.05) is 54.6 Å². The van der Waals surface area contributed by atoms with Crippen molar-refractivity contribution in [2.24, 2.45) is 0 Å². The summed E-state index contributed by atoms with van der Waals surface area (Å²) in [5, 5.41) is 0. The molecule has 2 rings (SSSR count). The molecular weight excluding hydrogens is 276 g/mol. The van der Waals surface area contributed by atoms with Crippen LogP contribution in [0.15, 0.2) is 67.3 Å². The van der Waals surface area contributed by atoms with Gasteiger partial charge < -0.3 is 9.47 Å². The van der Waals surface area contributed by atoms with Crippen molar-refractivity contribution < 1.29 is 14.3 Å². The van der Waals surface area contributed by atoms with Crippen molar-refractivity contribution in [1.29, 1.82) is 0 Å². The smallest absolute Gasteiger partial charge is 0.313 e. The summed E-state index contributed by atoms with van der Waals surface area (Å²) in [5.41, 5.74) is 2.02. The molecule has 0 amide bonds. The van der Waals surface area contributed by atoms with Crippen LogP contribution in [-0.2, 0) is 16.1 Å². The predicted octanol–water partition coefficient (Wildman–Crippen LogP) is 4.10. The standard InChI is InChI=1S/C19H20O3/c1-3-7-18(19(20)21-2)16-10-12-17(13-11-16)22-14-15-8-5-4-6-9-15/h3-6,8-13,18H,1,7,14H2,2H3/t18-/m1/s1. The quantitative estimate of drug-likeness (QED) is 0.570. The number of ether oxygens (including phenoxy) is 2. The number of hydrogen-bond acceptors (Lipinski definition) is 3. The molecule has 0 aliphatic carbocycles. The maximum Gasteiger partial charge on any atom is 0.313 e. The Labute approximate surface area is 131 Å². The lowest BCUT2D eigenvalue weighted by Gasteiger charge is -2.14. The molecule has 1 atom stereocenters. The van der Waals surface area contributed by atoms with Crippen molar-refractivity contribution >= 4 is 5.97 Å². The van der Waals surface area contributed by atoms with Gasteiger partial charge in [-0.15, -0.1) is 6.58 Å². The van der Waals surface area contributed by atoms with E-state index in [-0.39, 0.29) is 11.9 Å². The first-order valence-electron chi connectivity index (χ1n) is 7.20. The SMILES string of the molecule is C=CC[C@@H](C(=O)OC)c1ccc(OCc2ccccc2)cc1. The average Bonchev–Trinajstić information content (AvgIpc) is 2.59.